The van der Waals surface area contributed by atoms with E-state index in [1.807, 2.05) is 21.0 Å². The highest BCUT2D eigenvalue weighted by atomic mass is 16.4. The number of pyridine rings is 1. The van der Waals surface area contributed by atoms with Gasteiger partial charge in [0, 0.05) is 12.2 Å². The van der Waals surface area contributed by atoms with Crippen LogP contribution in [-0.2, 0) is 0 Å². The molecule has 18 heavy (non-hydrogen) atoms. The Kier molecular flexibility index (Phi) is 5.09. The van der Waals surface area contributed by atoms with Gasteiger partial charge in [-0.15, -0.1) is 0 Å². The van der Waals surface area contributed by atoms with Crippen molar-refractivity contribution in [2.24, 2.45) is 0 Å². The Bertz CT molecular complexity index is 419. The predicted octanol–water partition coefficient (Wildman–Crippen LogP) is 1.84. The van der Waals surface area contributed by atoms with Crippen LogP contribution in [-0.4, -0.2) is 47.6 Å². The second-order valence-corrected chi connectivity index (χ2v) is 4.79. The molecule has 2 N–H and O–H groups in total. The van der Waals surface area contributed by atoms with Crippen molar-refractivity contribution in [3.05, 3.63) is 23.4 Å². The van der Waals surface area contributed by atoms with Crippen LogP contribution in [0.25, 0.3) is 0 Å². The van der Waals surface area contributed by atoms with E-state index < -0.39 is 5.97 Å². The molecule has 5 heteroatoms. The summed E-state index contributed by atoms with van der Waals surface area (Å²) in [6.07, 6.45) is 2.56. The van der Waals surface area contributed by atoms with Crippen LogP contribution in [0, 0.1) is 6.92 Å². The van der Waals surface area contributed by atoms with Crippen molar-refractivity contribution in [2.45, 2.75) is 26.3 Å². The number of aromatic nitrogens is 1. The zero-order valence-corrected chi connectivity index (χ0v) is 11.4. The van der Waals surface area contributed by atoms with E-state index in [2.05, 4.69) is 15.2 Å². The van der Waals surface area contributed by atoms with Gasteiger partial charge in [0.15, 0.2) is 0 Å². The summed E-state index contributed by atoms with van der Waals surface area (Å²) >= 11 is 0. The summed E-state index contributed by atoms with van der Waals surface area (Å²) in [4.78, 5) is 17.4. The van der Waals surface area contributed by atoms with Crippen LogP contribution < -0.4 is 5.32 Å². The Labute approximate surface area is 108 Å². The number of carbonyl (C=O) groups is 1. The maximum absolute atomic E-state index is 11.2. The molecule has 0 spiro atoms. The van der Waals surface area contributed by atoms with Gasteiger partial charge in [0.1, 0.15) is 11.4 Å². The molecule has 0 saturated heterocycles. The summed E-state index contributed by atoms with van der Waals surface area (Å²) in [5.74, 6) is -0.489. The molecule has 1 unspecified atom stereocenters. The van der Waals surface area contributed by atoms with Crippen LogP contribution in [0.5, 0.6) is 0 Å². The summed E-state index contributed by atoms with van der Waals surface area (Å²) in [6.45, 7) is 4.75. The largest absolute Gasteiger partial charge is 0.478 e. The first-order chi connectivity index (χ1) is 8.41. The van der Waals surface area contributed by atoms with Crippen LogP contribution in [0.2, 0.25) is 0 Å². The van der Waals surface area contributed by atoms with Crippen LogP contribution in [0.1, 0.15) is 29.3 Å². The summed E-state index contributed by atoms with van der Waals surface area (Å²) in [5.41, 5.74) is 0.981. The average Bonchev–Trinajstić information content (AvgIpc) is 2.26. The maximum Gasteiger partial charge on any atom is 0.339 e. The Balaban J connectivity index is 2.78. The van der Waals surface area contributed by atoms with Crippen molar-refractivity contribution in [1.29, 1.82) is 0 Å². The number of rotatable bonds is 6. The van der Waals surface area contributed by atoms with Gasteiger partial charge in [-0.25, -0.2) is 9.78 Å². The molecule has 5 nitrogen and oxygen atoms in total. The van der Waals surface area contributed by atoms with E-state index in [1.165, 1.54) is 0 Å². The normalized spacial score (nSPS) is 12.5. The van der Waals surface area contributed by atoms with Gasteiger partial charge in [0.25, 0.3) is 0 Å². The Morgan fingerprint density at radius 3 is 2.78 bits per heavy atom. The number of hydrogen-bond donors (Lipinski definition) is 2. The minimum atomic E-state index is -0.942. The van der Waals surface area contributed by atoms with E-state index in [0.717, 1.165) is 18.5 Å². The second-order valence-electron chi connectivity index (χ2n) is 4.79. The van der Waals surface area contributed by atoms with Gasteiger partial charge >= 0.3 is 5.97 Å². The molecule has 0 saturated carbocycles. The van der Waals surface area contributed by atoms with E-state index in [-0.39, 0.29) is 11.6 Å². The van der Waals surface area contributed by atoms with E-state index in [1.54, 1.807) is 19.2 Å². The van der Waals surface area contributed by atoms with Gasteiger partial charge in [-0.2, -0.15) is 0 Å². The third kappa shape index (κ3) is 4.00. The van der Waals surface area contributed by atoms with Crippen molar-refractivity contribution in [3.63, 3.8) is 0 Å². The lowest BCUT2D eigenvalue weighted by molar-refractivity contribution is 0.0697. The van der Waals surface area contributed by atoms with E-state index >= 15 is 0 Å². The number of aryl methyl sites for hydroxylation is 1. The summed E-state index contributed by atoms with van der Waals surface area (Å²) < 4.78 is 0. The molecule has 0 amide bonds. The van der Waals surface area contributed by atoms with Gasteiger partial charge < -0.3 is 15.3 Å². The van der Waals surface area contributed by atoms with Gasteiger partial charge in [-0.3, -0.25) is 0 Å². The van der Waals surface area contributed by atoms with Crippen molar-refractivity contribution >= 4 is 11.8 Å². The quantitative estimate of drug-likeness (QED) is 0.807. The highest BCUT2D eigenvalue weighted by molar-refractivity contribution is 5.94. The lowest BCUT2D eigenvalue weighted by Crippen LogP contribution is -2.24. The molecule has 1 aromatic heterocycles. The minimum Gasteiger partial charge on any atom is -0.478 e. The number of carboxylic acids is 1. The fourth-order valence-electron chi connectivity index (χ4n) is 1.70. The fourth-order valence-corrected chi connectivity index (χ4v) is 1.70. The monoisotopic (exact) mass is 251 g/mol. The zero-order chi connectivity index (χ0) is 13.7. The zero-order valence-electron chi connectivity index (χ0n) is 11.4. The molecule has 0 aliphatic heterocycles. The Morgan fingerprint density at radius 2 is 2.22 bits per heavy atom. The topological polar surface area (TPSA) is 65.5 Å². The highest BCUT2D eigenvalue weighted by Crippen LogP contribution is 2.17. The lowest BCUT2D eigenvalue weighted by atomic mass is 10.1. The van der Waals surface area contributed by atoms with E-state index in [9.17, 15) is 9.90 Å². The number of nitrogens with zero attached hydrogens (tertiary/aromatic N) is 2. The van der Waals surface area contributed by atoms with Crippen molar-refractivity contribution in [1.82, 2.24) is 9.88 Å². The molecule has 1 rings (SSSR count). The lowest BCUT2D eigenvalue weighted by Gasteiger charge is -2.18. The summed E-state index contributed by atoms with van der Waals surface area (Å²) in [7, 11) is 4.03. The molecule has 1 atom stereocenters. The number of aromatic carboxylic acids is 1. The molecule has 1 aromatic rings. The van der Waals surface area contributed by atoms with Gasteiger partial charge in [0.2, 0.25) is 0 Å². The number of carboxylic acid groups (broad SMARTS) is 1. The highest BCUT2D eigenvalue weighted by Gasteiger charge is 2.15. The van der Waals surface area contributed by atoms with Gasteiger partial charge in [-0.1, -0.05) is 0 Å². The van der Waals surface area contributed by atoms with Crippen LogP contribution in [0.4, 0.5) is 5.82 Å². The standard InChI is InChI=1S/C13H21N3O2/c1-9-5-7-14-12(11(9)13(17)18)15-10(2)6-8-16(3)4/h5,7,10H,6,8H2,1-4H3,(H,14,15)(H,17,18). The van der Waals surface area contributed by atoms with Crippen molar-refractivity contribution in [2.75, 3.05) is 26.0 Å². The van der Waals surface area contributed by atoms with Crippen LogP contribution >= 0.6 is 0 Å². The smallest absolute Gasteiger partial charge is 0.339 e. The molecular weight excluding hydrogens is 230 g/mol. The average molecular weight is 251 g/mol. The third-order valence-corrected chi connectivity index (χ3v) is 2.77. The fraction of sp³-hybridized carbons (Fsp3) is 0.538. The molecule has 0 bridgehead atoms. The molecule has 0 aliphatic carbocycles. The molecule has 0 radical (unpaired) electrons. The molecule has 0 fully saturated rings. The second kappa shape index (κ2) is 6.35. The van der Waals surface area contributed by atoms with Crippen LogP contribution in [0.15, 0.2) is 12.3 Å². The number of hydrogen-bond acceptors (Lipinski definition) is 4. The number of anilines is 1. The molecule has 0 aromatic carbocycles. The van der Waals surface area contributed by atoms with Gasteiger partial charge in [0.05, 0.1) is 0 Å². The molecule has 100 valence electrons. The van der Waals surface area contributed by atoms with Crippen molar-refractivity contribution in [3.8, 4) is 0 Å². The maximum atomic E-state index is 11.2. The molecule has 1 heterocycles. The number of nitrogens with one attached hydrogen (secondary N) is 1. The molecule has 0 aliphatic rings. The van der Waals surface area contributed by atoms with E-state index in [4.69, 9.17) is 0 Å². The Morgan fingerprint density at radius 1 is 1.56 bits per heavy atom. The first-order valence-corrected chi connectivity index (χ1v) is 6.02. The molecular formula is C13H21N3O2. The summed E-state index contributed by atoms with van der Waals surface area (Å²) in [5, 5.41) is 12.4. The minimum absolute atomic E-state index is 0.180. The summed E-state index contributed by atoms with van der Waals surface area (Å²) in [6, 6.07) is 1.89. The Hall–Kier alpha value is -1.62. The SMILES string of the molecule is Cc1ccnc(NC(C)CCN(C)C)c1C(=O)O. The first-order valence-electron chi connectivity index (χ1n) is 6.02. The predicted molar refractivity (Wildman–Crippen MR) is 72.2 cm³/mol. The van der Waals surface area contributed by atoms with Crippen LogP contribution in [0.3, 0.4) is 0 Å². The van der Waals surface area contributed by atoms with Gasteiger partial charge in [-0.05, 0) is 52.5 Å². The first kappa shape index (κ1) is 14.4. The van der Waals surface area contributed by atoms with Crippen molar-refractivity contribution < 1.29 is 9.90 Å². The van der Waals surface area contributed by atoms with E-state index in [0.29, 0.717) is 5.82 Å². The third-order valence-electron chi connectivity index (χ3n) is 2.77.